The first-order chi connectivity index (χ1) is 5.17. The van der Waals surface area contributed by atoms with Crippen LogP contribution in [0.3, 0.4) is 0 Å². The molecule has 1 rings (SSSR count). The Morgan fingerprint density at radius 1 is 1.55 bits per heavy atom. The van der Waals surface area contributed by atoms with Gasteiger partial charge in [0.05, 0.1) is 0 Å². The van der Waals surface area contributed by atoms with Crippen molar-refractivity contribution in [3.05, 3.63) is 0 Å². The summed E-state index contributed by atoms with van der Waals surface area (Å²) in [6.45, 7) is 7.03. The summed E-state index contributed by atoms with van der Waals surface area (Å²) in [4.78, 5) is 0. The van der Waals surface area contributed by atoms with Gasteiger partial charge in [0.2, 0.25) is 0 Å². The second-order valence-corrected chi connectivity index (χ2v) is 4.14. The normalized spacial score (nSPS) is 29.2. The van der Waals surface area contributed by atoms with Crippen molar-refractivity contribution >= 4 is 0 Å². The molecule has 0 aromatic heterocycles. The van der Waals surface area contributed by atoms with Crippen LogP contribution >= 0.6 is 0 Å². The van der Waals surface area contributed by atoms with Crippen LogP contribution in [0.1, 0.15) is 26.7 Å². The maximum Gasteiger partial charge on any atom is 0.0131 e. The Hall–Kier alpha value is -0.0800. The van der Waals surface area contributed by atoms with Crippen molar-refractivity contribution in [1.29, 1.82) is 0 Å². The van der Waals surface area contributed by atoms with Crippen molar-refractivity contribution in [2.75, 3.05) is 20.1 Å². The molecule has 1 aliphatic rings. The molecule has 66 valence electrons. The summed E-state index contributed by atoms with van der Waals surface area (Å²) in [5.41, 5.74) is 0.511. The summed E-state index contributed by atoms with van der Waals surface area (Å²) in [5.74, 6) is 0. The van der Waals surface area contributed by atoms with Crippen LogP contribution in [0.15, 0.2) is 0 Å². The molecule has 1 atom stereocenters. The zero-order valence-corrected chi connectivity index (χ0v) is 7.91. The van der Waals surface area contributed by atoms with Crippen molar-refractivity contribution < 1.29 is 0 Å². The van der Waals surface area contributed by atoms with Crippen molar-refractivity contribution in [1.82, 2.24) is 10.6 Å². The fourth-order valence-corrected chi connectivity index (χ4v) is 1.80. The van der Waals surface area contributed by atoms with Gasteiger partial charge in [0, 0.05) is 6.04 Å². The molecule has 2 N–H and O–H groups in total. The third kappa shape index (κ3) is 2.17. The van der Waals surface area contributed by atoms with E-state index in [4.69, 9.17) is 0 Å². The maximum atomic E-state index is 3.54. The Morgan fingerprint density at radius 2 is 2.27 bits per heavy atom. The van der Waals surface area contributed by atoms with E-state index in [0.717, 1.165) is 12.6 Å². The summed E-state index contributed by atoms with van der Waals surface area (Å²) in [6, 6.07) is 0.718. The average Bonchev–Trinajstić information content (AvgIpc) is 2.25. The summed E-state index contributed by atoms with van der Waals surface area (Å²) >= 11 is 0. The molecule has 0 aliphatic carbocycles. The van der Waals surface area contributed by atoms with Gasteiger partial charge in [-0.2, -0.15) is 0 Å². The predicted molar refractivity (Wildman–Crippen MR) is 48.7 cm³/mol. The van der Waals surface area contributed by atoms with Crippen molar-refractivity contribution in [3.63, 3.8) is 0 Å². The standard InChI is InChI=1S/C9H20N2/c1-9(2)5-7-11-8(9)4-6-10-3/h8,10-11H,4-7H2,1-3H3. The lowest BCUT2D eigenvalue weighted by Crippen LogP contribution is -2.34. The quantitative estimate of drug-likeness (QED) is 0.636. The Labute approximate surface area is 69.8 Å². The van der Waals surface area contributed by atoms with E-state index in [1.165, 1.54) is 19.4 Å². The lowest BCUT2D eigenvalue weighted by atomic mass is 9.83. The Bertz CT molecular complexity index is 121. The van der Waals surface area contributed by atoms with Gasteiger partial charge in [-0.15, -0.1) is 0 Å². The van der Waals surface area contributed by atoms with Crippen LogP contribution in [-0.4, -0.2) is 26.2 Å². The van der Waals surface area contributed by atoms with Crippen LogP contribution in [0.25, 0.3) is 0 Å². The van der Waals surface area contributed by atoms with Crippen molar-refractivity contribution in [2.45, 2.75) is 32.7 Å². The minimum atomic E-state index is 0.511. The fraction of sp³-hybridized carbons (Fsp3) is 1.00. The first-order valence-corrected chi connectivity index (χ1v) is 4.55. The topological polar surface area (TPSA) is 24.1 Å². The molecular weight excluding hydrogens is 136 g/mol. The number of hydrogen-bond donors (Lipinski definition) is 2. The Kier molecular flexibility index (Phi) is 2.90. The highest BCUT2D eigenvalue weighted by Crippen LogP contribution is 2.31. The molecular formula is C9H20N2. The molecule has 1 saturated heterocycles. The molecule has 2 nitrogen and oxygen atoms in total. The number of rotatable bonds is 3. The van der Waals surface area contributed by atoms with Crippen LogP contribution in [0.2, 0.25) is 0 Å². The van der Waals surface area contributed by atoms with Gasteiger partial charge in [-0.25, -0.2) is 0 Å². The summed E-state index contributed by atoms with van der Waals surface area (Å²) in [5, 5.41) is 6.73. The van der Waals surface area contributed by atoms with Crippen LogP contribution in [0, 0.1) is 5.41 Å². The highest BCUT2D eigenvalue weighted by molar-refractivity contribution is 4.90. The van der Waals surface area contributed by atoms with Gasteiger partial charge < -0.3 is 10.6 Å². The van der Waals surface area contributed by atoms with E-state index in [-0.39, 0.29) is 0 Å². The highest BCUT2D eigenvalue weighted by atomic mass is 15.0. The number of hydrogen-bond acceptors (Lipinski definition) is 2. The minimum Gasteiger partial charge on any atom is -0.320 e. The van der Waals surface area contributed by atoms with Crippen LogP contribution in [0.4, 0.5) is 0 Å². The summed E-state index contributed by atoms with van der Waals surface area (Å²) in [7, 11) is 2.02. The Morgan fingerprint density at radius 3 is 2.73 bits per heavy atom. The zero-order valence-electron chi connectivity index (χ0n) is 7.91. The van der Waals surface area contributed by atoms with Gasteiger partial charge in [-0.05, 0) is 38.4 Å². The molecule has 0 aromatic carbocycles. The van der Waals surface area contributed by atoms with Crippen LogP contribution < -0.4 is 10.6 Å². The number of nitrogens with one attached hydrogen (secondary N) is 2. The van der Waals surface area contributed by atoms with Crippen LogP contribution in [0.5, 0.6) is 0 Å². The first-order valence-electron chi connectivity index (χ1n) is 4.55. The van der Waals surface area contributed by atoms with E-state index < -0.39 is 0 Å². The molecule has 2 heteroatoms. The average molecular weight is 156 g/mol. The monoisotopic (exact) mass is 156 g/mol. The molecule has 0 bridgehead atoms. The lowest BCUT2D eigenvalue weighted by Gasteiger charge is -2.26. The van der Waals surface area contributed by atoms with E-state index in [9.17, 15) is 0 Å². The van der Waals surface area contributed by atoms with Gasteiger partial charge >= 0.3 is 0 Å². The molecule has 0 aromatic rings. The summed E-state index contributed by atoms with van der Waals surface area (Å²) in [6.07, 6.45) is 2.57. The second-order valence-electron chi connectivity index (χ2n) is 4.14. The molecule has 0 spiro atoms. The Balaban J connectivity index is 2.32. The third-order valence-electron chi connectivity index (χ3n) is 2.79. The van der Waals surface area contributed by atoms with E-state index >= 15 is 0 Å². The molecule has 0 saturated carbocycles. The zero-order chi connectivity index (χ0) is 8.32. The van der Waals surface area contributed by atoms with E-state index in [2.05, 4.69) is 24.5 Å². The minimum absolute atomic E-state index is 0.511. The van der Waals surface area contributed by atoms with Gasteiger partial charge in [0.15, 0.2) is 0 Å². The molecule has 11 heavy (non-hydrogen) atoms. The molecule has 1 fully saturated rings. The molecule has 1 unspecified atom stereocenters. The SMILES string of the molecule is CNCCC1NCCC1(C)C. The van der Waals surface area contributed by atoms with Crippen LogP contribution in [-0.2, 0) is 0 Å². The first kappa shape index (κ1) is 9.01. The molecule has 0 radical (unpaired) electrons. The van der Waals surface area contributed by atoms with E-state index in [1.807, 2.05) is 7.05 Å². The maximum absolute atomic E-state index is 3.54. The largest absolute Gasteiger partial charge is 0.320 e. The summed E-state index contributed by atoms with van der Waals surface area (Å²) < 4.78 is 0. The van der Waals surface area contributed by atoms with Gasteiger partial charge in [-0.1, -0.05) is 13.8 Å². The van der Waals surface area contributed by atoms with Crippen molar-refractivity contribution in [2.24, 2.45) is 5.41 Å². The molecule has 1 aliphatic heterocycles. The third-order valence-corrected chi connectivity index (χ3v) is 2.79. The molecule has 0 amide bonds. The van der Waals surface area contributed by atoms with Gasteiger partial charge in [-0.3, -0.25) is 0 Å². The lowest BCUT2D eigenvalue weighted by molar-refractivity contribution is 0.299. The highest BCUT2D eigenvalue weighted by Gasteiger charge is 2.33. The molecule has 1 heterocycles. The fourth-order valence-electron chi connectivity index (χ4n) is 1.80. The predicted octanol–water partition coefficient (Wildman–Crippen LogP) is 0.984. The van der Waals surface area contributed by atoms with E-state index in [0.29, 0.717) is 5.41 Å². The smallest absolute Gasteiger partial charge is 0.0131 e. The van der Waals surface area contributed by atoms with E-state index in [1.54, 1.807) is 0 Å². The van der Waals surface area contributed by atoms with Gasteiger partial charge in [0.25, 0.3) is 0 Å². The second kappa shape index (κ2) is 3.55. The van der Waals surface area contributed by atoms with Gasteiger partial charge in [0.1, 0.15) is 0 Å². The van der Waals surface area contributed by atoms with Crippen molar-refractivity contribution in [3.8, 4) is 0 Å².